The minimum absolute atomic E-state index is 0. The first kappa shape index (κ1) is 21.5. The van der Waals surface area contributed by atoms with E-state index in [1.54, 1.807) is 12.1 Å². The molecule has 2 aromatic carbocycles. The van der Waals surface area contributed by atoms with Gasteiger partial charge in [-0.15, -0.1) is 12.4 Å². The summed E-state index contributed by atoms with van der Waals surface area (Å²) in [5.74, 6) is 0.569. The van der Waals surface area contributed by atoms with Crippen molar-refractivity contribution in [1.82, 2.24) is 5.32 Å². The largest absolute Gasteiger partial charge is 0.485 e. The average molecular weight is 395 g/mol. The molecule has 2 aromatic rings. The zero-order valence-corrected chi connectivity index (χ0v) is 17.0. The second-order valence-corrected chi connectivity index (χ2v) is 7.58. The van der Waals surface area contributed by atoms with Crippen LogP contribution in [-0.4, -0.2) is 37.5 Å². The zero-order valence-electron chi connectivity index (χ0n) is 16.2. The zero-order chi connectivity index (χ0) is 18.9. The first-order valence-electron chi connectivity index (χ1n) is 8.94. The van der Waals surface area contributed by atoms with Crippen molar-refractivity contribution in [3.8, 4) is 5.75 Å². The van der Waals surface area contributed by atoms with Crippen molar-refractivity contribution in [2.45, 2.75) is 38.0 Å². The van der Waals surface area contributed by atoms with Crippen molar-refractivity contribution in [3.05, 3.63) is 59.4 Å². The third-order valence-corrected chi connectivity index (χ3v) is 4.94. The molecule has 1 heterocycles. The maximum atomic E-state index is 13.0. The standard InChI is InChI=1S/C21H27FN2O2.ClH/c1-21(2)20(25)19(23-12-11-14-5-7-15(22)8-6-14)17-10-9-16(24(3)4)13-18(17)26-21;/h5-10,13,19-20,23,25H,11-12H2,1-4H3;1H/t19-,20+;/m0./s1. The number of hydrogen-bond acceptors (Lipinski definition) is 4. The van der Waals surface area contributed by atoms with Crippen molar-refractivity contribution in [2.75, 3.05) is 25.5 Å². The number of aliphatic hydroxyl groups excluding tert-OH is 1. The van der Waals surface area contributed by atoms with Crippen LogP contribution in [0.5, 0.6) is 5.75 Å². The van der Waals surface area contributed by atoms with Crippen LogP contribution >= 0.6 is 12.4 Å². The lowest BCUT2D eigenvalue weighted by Crippen LogP contribution is -2.52. The fourth-order valence-corrected chi connectivity index (χ4v) is 3.31. The van der Waals surface area contributed by atoms with E-state index < -0.39 is 11.7 Å². The lowest BCUT2D eigenvalue weighted by Gasteiger charge is -2.42. The first-order chi connectivity index (χ1) is 12.3. The molecule has 0 aliphatic carbocycles. The molecule has 0 saturated carbocycles. The van der Waals surface area contributed by atoms with Gasteiger partial charge in [-0.1, -0.05) is 18.2 Å². The fourth-order valence-electron chi connectivity index (χ4n) is 3.31. The molecule has 0 spiro atoms. The van der Waals surface area contributed by atoms with Gasteiger partial charge in [-0.2, -0.15) is 0 Å². The lowest BCUT2D eigenvalue weighted by molar-refractivity contribution is -0.0643. The van der Waals surface area contributed by atoms with Gasteiger partial charge in [-0.25, -0.2) is 4.39 Å². The molecule has 0 bridgehead atoms. The smallest absolute Gasteiger partial charge is 0.131 e. The third kappa shape index (κ3) is 4.72. The number of halogens is 2. The van der Waals surface area contributed by atoms with Crippen LogP contribution in [0, 0.1) is 5.82 Å². The molecule has 1 aliphatic heterocycles. The molecular weight excluding hydrogens is 367 g/mol. The predicted molar refractivity (Wildman–Crippen MR) is 110 cm³/mol. The molecule has 148 valence electrons. The van der Waals surface area contributed by atoms with Crippen LogP contribution in [0.25, 0.3) is 0 Å². The van der Waals surface area contributed by atoms with Gasteiger partial charge in [0.25, 0.3) is 0 Å². The summed E-state index contributed by atoms with van der Waals surface area (Å²) in [5.41, 5.74) is 2.39. The number of anilines is 1. The number of fused-ring (bicyclic) bond motifs is 1. The number of ether oxygens (including phenoxy) is 1. The highest BCUT2D eigenvalue weighted by Crippen LogP contribution is 2.41. The molecule has 0 saturated heterocycles. The highest BCUT2D eigenvalue weighted by Gasteiger charge is 2.42. The molecule has 4 nitrogen and oxygen atoms in total. The number of nitrogens with one attached hydrogen (secondary N) is 1. The van der Waals surface area contributed by atoms with Crippen LogP contribution in [-0.2, 0) is 6.42 Å². The maximum Gasteiger partial charge on any atom is 0.131 e. The predicted octanol–water partition coefficient (Wildman–Crippen LogP) is 3.72. The number of benzene rings is 2. The van der Waals surface area contributed by atoms with Gasteiger partial charge < -0.3 is 20.1 Å². The van der Waals surface area contributed by atoms with E-state index in [2.05, 4.69) is 5.32 Å². The normalized spacial score (nSPS) is 20.2. The quantitative estimate of drug-likeness (QED) is 0.811. The monoisotopic (exact) mass is 394 g/mol. The maximum absolute atomic E-state index is 13.0. The molecule has 0 fully saturated rings. The Morgan fingerprint density at radius 2 is 1.81 bits per heavy atom. The Kier molecular flexibility index (Phi) is 6.73. The summed E-state index contributed by atoms with van der Waals surface area (Å²) in [6.45, 7) is 4.48. The Bertz CT molecular complexity index is 765. The van der Waals surface area contributed by atoms with Crippen molar-refractivity contribution in [2.24, 2.45) is 0 Å². The lowest BCUT2D eigenvalue weighted by atomic mass is 9.86. The van der Waals surface area contributed by atoms with Gasteiger partial charge in [0, 0.05) is 31.4 Å². The van der Waals surface area contributed by atoms with Crippen LogP contribution in [0.1, 0.15) is 31.0 Å². The van der Waals surface area contributed by atoms with E-state index in [-0.39, 0.29) is 24.3 Å². The summed E-state index contributed by atoms with van der Waals surface area (Å²) in [5, 5.41) is 14.3. The summed E-state index contributed by atoms with van der Waals surface area (Å²) >= 11 is 0. The highest BCUT2D eigenvalue weighted by atomic mass is 35.5. The molecule has 2 atom stereocenters. The van der Waals surface area contributed by atoms with E-state index in [1.165, 1.54) is 12.1 Å². The Morgan fingerprint density at radius 3 is 2.44 bits per heavy atom. The number of hydrogen-bond donors (Lipinski definition) is 2. The van der Waals surface area contributed by atoms with E-state index >= 15 is 0 Å². The van der Waals surface area contributed by atoms with Gasteiger partial charge in [0.05, 0.1) is 6.04 Å². The van der Waals surface area contributed by atoms with Crippen molar-refractivity contribution >= 4 is 18.1 Å². The highest BCUT2D eigenvalue weighted by molar-refractivity contribution is 5.85. The molecule has 0 aromatic heterocycles. The minimum Gasteiger partial charge on any atom is -0.485 e. The summed E-state index contributed by atoms with van der Waals surface area (Å²) in [6, 6.07) is 12.4. The van der Waals surface area contributed by atoms with Crippen LogP contribution < -0.4 is 15.0 Å². The number of rotatable bonds is 5. The molecule has 0 unspecified atom stereocenters. The van der Waals surface area contributed by atoms with Crippen LogP contribution in [0.2, 0.25) is 0 Å². The molecular formula is C21H28ClFN2O2. The van der Waals surface area contributed by atoms with Crippen LogP contribution in [0.3, 0.4) is 0 Å². The average Bonchev–Trinajstić information content (AvgIpc) is 2.59. The molecule has 0 amide bonds. The second-order valence-electron chi connectivity index (χ2n) is 7.58. The Balaban J connectivity index is 0.00000261. The summed E-state index contributed by atoms with van der Waals surface area (Å²) in [6.07, 6.45) is 0.0871. The van der Waals surface area contributed by atoms with Gasteiger partial charge in [0.2, 0.25) is 0 Å². The van der Waals surface area contributed by atoms with E-state index in [0.29, 0.717) is 6.54 Å². The van der Waals surface area contributed by atoms with E-state index in [4.69, 9.17) is 4.74 Å². The Hall–Kier alpha value is -1.82. The topological polar surface area (TPSA) is 44.7 Å². The van der Waals surface area contributed by atoms with Gasteiger partial charge in [-0.05, 0) is 50.6 Å². The van der Waals surface area contributed by atoms with E-state index in [9.17, 15) is 9.50 Å². The Morgan fingerprint density at radius 1 is 1.15 bits per heavy atom. The third-order valence-electron chi connectivity index (χ3n) is 4.94. The minimum atomic E-state index is -0.689. The molecule has 2 N–H and O–H groups in total. The summed E-state index contributed by atoms with van der Waals surface area (Å²) in [7, 11) is 3.98. The van der Waals surface area contributed by atoms with Gasteiger partial charge in [-0.3, -0.25) is 0 Å². The molecule has 0 radical (unpaired) electrons. The number of nitrogens with zero attached hydrogens (tertiary/aromatic N) is 1. The van der Waals surface area contributed by atoms with Crippen LogP contribution in [0.4, 0.5) is 10.1 Å². The van der Waals surface area contributed by atoms with Crippen molar-refractivity contribution in [3.63, 3.8) is 0 Å². The molecule has 6 heteroatoms. The van der Waals surface area contributed by atoms with Crippen LogP contribution in [0.15, 0.2) is 42.5 Å². The summed E-state index contributed by atoms with van der Waals surface area (Å²) in [4.78, 5) is 2.03. The van der Waals surface area contributed by atoms with Gasteiger partial charge in [0.15, 0.2) is 0 Å². The SMILES string of the molecule is CN(C)c1ccc2c(c1)OC(C)(C)[C@H](O)[C@H]2NCCc1ccc(F)cc1.Cl. The van der Waals surface area contributed by atoms with Gasteiger partial charge in [0.1, 0.15) is 23.3 Å². The molecule has 3 rings (SSSR count). The second kappa shape index (κ2) is 8.46. The summed E-state index contributed by atoms with van der Waals surface area (Å²) < 4.78 is 19.1. The van der Waals surface area contributed by atoms with E-state index in [1.807, 2.05) is 51.0 Å². The first-order valence-corrected chi connectivity index (χ1v) is 8.94. The molecule has 27 heavy (non-hydrogen) atoms. The van der Waals surface area contributed by atoms with Gasteiger partial charge >= 0.3 is 0 Å². The Labute approximate surface area is 166 Å². The van der Waals surface area contributed by atoms with Crippen molar-refractivity contribution < 1.29 is 14.2 Å². The molecule has 1 aliphatic rings. The number of aliphatic hydroxyl groups is 1. The van der Waals surface area contributed by atoms with E-state index in [0.717, 1.165) is 29.0 Å². The fraction of sp³-hybridized carbons (Fsp3) is 0.429. The van der Waals surface area contributed by atoms with Crippen molar-refractivity contribution in [1.29, 1.82) is 0 Å².